The third-order valence-corrected chi connectivity index (χ3v) is 15.7. The van der Waals surface area contributed by atoms with Gasteiger partial charge in [0.2, 0.25) is 0 Å². The third kappa shape index (κ3) is 8.80. The van der Waals surface area contributed by atoms with Gasteiger partial charge in [-0.15, -0.1) is 0 Å². The molecule has 0 amide bonds. The van der Waals surface area contributed by atoms with Crippen molar-refractivity contribution in [2.24, 2.45) is 0 Å². The molecule has 0 saturated carbocycles. The first-order chi connectivity index (χ1) is 36.6. The van der Waals surface area contributed by atoms with Crippen LogP contribution in [0.1, 0.15) is 79.0 Å². The van der Waals surface area contributed by atoms with E-state index in [9.17, 15) is 0 Å². The first-order valence-corrected chi connectivity index (χ1v) is 27.0. The second kappa shape index (κ2) is 18.8. The van der Waals surface area contributed by atoms with Gasteiger partial charge in [-0.2, -0.15) is 0 Å². The number of para-hydroxylation sites is 1. The summed E-state index contributed by atoms with van der Waals surface area (Å²) in [5.41, 5.74) is 25.0. The molecule has 0 N–H and O–H groups in total. The van der Waals surface area contributed by atoms with Crippen molar-refractivity contribution in [2.45, 2.75) is 78.6 Å². The standard InChI is InChI=1S/C72H66BN3/c1-70(2,3)54-33-41-59(42-34-54)75-65-43-35-55(71(4,5)6)45-62(65)73-63-46-56(72(7,8)9)36-44-66(63)76(64-28-20-19-27-61(64)53-25-17-12-18-26-53)68-48-60(47-67(75)69(68)73)74(57-37-29-51(30-38-57)49-21-13-10-14-22-49)58-39-31-52(32-40-58)50-23-15-11-16-24-50/h10-48H,1-9H3. The highest BCUT2D eigenvalue weighted by atomic mass is 15.2. The molecule has 372 valence electrons. The Labute approximate surface area is 451 Å². The summed E-state index contributed by atoms with van der Waals surface area (Å²) in [7, 11) is 0. The molecule has 0 aromatic heterocycles. The summed E-state index contributed by atoms with van der Waals surface area (Å²) in [6.07, 6.45) is 0. The Balaban J connectivity index is 1.19. The topological polar surface area (TPSA) is 9.72 Å². The normalized spacial score (nSPS) is 13.0. The number of benzene rings is 10. The molecule has 76 heavy (non-hydrogen) atoms. The third-order valence-electron chi connectivity index (χ3n) is 15.7. The molecular weight excluding hydrogens is 918 g/mol. The molecule has 0 saturated heterocycles. The number of nitrogens with zero attached hydrogens (tertiary/aromatic N) is 3. The SMILES string of the molecule is CC(C)(C)c1ccc(N2c3ccc(C(C)(C)C)cc3B3c4cc(C(C)(C)C)ccc4N(c4ccccc4-c4ccccc4)c4cc(N(c5ccc(-c6ccccc6)cc5)c5ccc(-c6ccccc6)cc5)cc2c43)cc1. The highest BCUT2D eigenvalue weighted by Crippen LogP contribution is 2.50. The lowest BCUT2D eigenvalue weighted by Gasteiger charge is -2.46. The van der Waals surface area contributed by atoms with Gasteiger partial charge >= 0.3 is 0 Å². The van der Waals surface area contributed by atoms with E-state index >= 15 is 0 Å². The van der Waals surface area contributed by atoms with E-state index < -0.39 is 0 Å². The molecule has 12 rings (SSSR count). The van der Waals surface area contributed by atoms with Crippen LogP contribution in [0.5, 0.6) is 0 Å². The average molecular weight is 984 g/mol. The highest BCUT2D eigenvalue weighted by Gasteiger charge is 2.45. The van der Waals surface area contributed by atoms with Crippen LogP contribution in [0.4, 0.5) is 51.2 Å². The van der Waals surface area contributed by atoms with E-state index in [1.165, 1.54) is 77.8 Å². The van der Waals surface area contributed by atoms with Crippen molar-refractivity contribution in [3.05, 3.63) is 253 Å². The monoisotopic (exact) mass is 984 g/mol. The van der Waals surface area contributed by atoms with Crippen LogP contribution in [0, 0.1) is 0 Å². The molecule has 0 atom stereocenters. The Bertz CT molecular complexity index is 3650. The summed E-state index contributed by atoms with van der Waals surface area (Å²) in [5, 5.41) is 0. The van der Waals surface area contributed by atoms with Crippen molar-refractivity contribution in [1.29, 1.82) is 0 Å². The number of rotatable bonds is 8. The summed E-state index contributed by atoms with van der Waals surface area (Å²) < 4.78 is 0. The van der Waals surface area contributed by atoms with Gasteiger partial charge in [0.05, 0.1) is 11.4 Å². The lowest BCUT2D eigenvalue weighted by atomic mass is 9.33. The van der Waals surface area contributed by atoms with Crippen LogP contribution in [0.15, 0.2) is 237 Å². The van der Waals surface area contributed by atoms with Crippen molar-refractivity contribution in [3.63, 3.8) is 0 Å². The maximum Gasteiger partial charge on any atom is 0.252 e. The second-order valence-electron chi connectivity index (χ2n) is 23.9. The summed E-state index contributed by atoms with van der Waals surface area (Å²) in [6.45, 7) is 20.9. The Hall–Kier alpha value is -8.34. The fourth-order valence-corrected chi connectivity index (χ4v) is 11.5. The summed E-state index contributed by atoms with van der Waals surface area (Å²) in [5.74, 6) is 0. The van der Waals surface area contributed by atoms with Crippen LogP contribution in [0.3, 0.4) is 0 Å². The van der Waals surface area contributed by atoms with E-state index in [-0.39, 0.29) is 23.0 Å². The van der Waals surface area contributed by atoms with Crippen molar-refractivity contribution < 1.29 is 0 Å². The Morgan fingerprint density at radius 3 is 1.17 bits per heavy atom. The van der Waals surface area contributed by atoms with E-state index in [1.54, 1.807) is 0 Å². The summed E-state index contributed by atoms with van der Waals surface area (Å²) in [6, 6.07) is 88.5. The van der Waals surface area contributed by atoms with Gasteiger partial charge in [0.25, 0.3) is 6.71 Å². The van der Waals surface area contributed by atoms with Crippen LogP contribution < -0.4 is 31.1 Å². The van der Waals surface area contributed by atoms with Crippen LogP contribution in [-0.2, 0) is 16.2 Å². The van der Waals surface area contributed by atoms with Gasteiger partial charge in [-0.05, 0) is 144 Å². The molecule has 2 aliphatic heterocycles. The molecule has 0 radical (unpaired) electrons. The van der Waals surface area contributed by atoms with Gasteiger partial charge in [-0.1, -0.05) is 232 Å². The number of hydrogen-bond acceptors (Lipinski definition) is 3. The second-order valence-corrected chi connectivity index (χ2v) is 23.9. The lowest BCUT2D eigenvalue weighted by molar-refractivity contribution is 0.590. The molecule has 4 heteroatoms. The first kappa shape index (κ1) is 48.6. The molecule has 3 nitrogen and oxygen atoms in total. The minimum atomic E-state index is -0.0764. The van der Waals surface area contributed by atoms with Gasteiger partial charge in [0.1, 0.15) is 0 Å². The zero-order valence-corrected chi connectivity index (χ0v) is 45.4. The predicted molar refractivity (Wildman–Crippen MR) is 328 cm³/mol. The molecule has 0 spiro atoms. The van der Waals surface area contributed by atoms with Crippen molar-refractivity contribution >= 4 is 74.3 Å². The summed E-state index contributed by atoms with van der Waals surface area (Å²) in [4.78, 5) is 7.63. The molecule has 10 aromatic rings. The van der Waals surface area contributed by atoms with Crippen LogP contribution in [0.25, 0.3) is 33.4 Å². The maximum absolute atomic E-state index is 2.59. The van der Waals surface area contributed by atoms with Gasteiger partial charge < -0.3 is 14.7 Å². The van der Waals surface area contributed by atoms with E-state index in [1.807, 2.05) is 0 Å². The molecule has 10 aromatic carbocycles. The highest BCUT2D eigenvalue weighted by molar-refractivity contribution is 7.00. The predicted octanol–water partition coefficient (Wildman–Crippen LogP) is 18.1. The van der Waals surface area contributed by atoms with Crippen molar-refractivity contribution in [1.82, 2.24) is 0 Å². The summed E-state index contributed by atoms with van der Waals surface area (Å²) >= 11 is 0. The number of hydrogen-bond donors (Lipinski definition) is 0. The molecule has 2 aliphatic rings. The Morgan fingerprint density at radius 2 is 0.697 bits per heavy atom. The zero-order valence-electron chi connectivity index (χ0n) is 45.4. The van der Waals surface area contributed by atoms with E-state index in [0.29, 0.717) is 0 Å². The number of anilines is 9. The minimum Gasteiger partial charge on any atom is -0.311 e. The molecule has 0 aliphatic carbocycles. The Kier molecular flexibility index (Phi) is 12.0. The van der Waals surface area contributed by atoms with Crippen LogP contribution in [0.2, 0.25) is 0 Å². The molecule has 2 heterocycles. The number of fused-ring (bicyclic) bond motifs is 4. The smallest absolute Gasteiger partial charge is 0.252 e. The van der Waals surface area contributed by atoms with Crippen LogP contribution >= 0.6 is 0 Å². The zero-order chi connectivity index (χ0) is 52.5. The fourth-order valence-electron chi connectivity index (χ4n) is 11.5. The largest absolute Gasteiger partial charge is 0.311 e. The molecular formula is C72H66BN3. The van der Waals surface area contributed by atoms with Gasteiger partial charge in [-0.3, -0.25) is 0 Å². The Morgan fingerprint density at radius 1 is 0.303 bits per heavy atom. The van der Waals surface area contributed by atoms with Gasteiger partial charge in [-0.25, -0.2) is 0 Å². The minimum absolute atomic E-state index is 0.00212. The van der Waals surface area contributed by atoms with E-state index in [4.69, 9.17) is 0 Å². The van der Waals surface area contributed by atoms with Crippen molar-refractivity contribution in [2.75, 3.05) is 14.7 Å². The molecule has 0 fully saturated rings. The van der Waals surface area contributed by atoms with Gasteiger partial charge in [0.15, 0.2) is 0 Å². The van der Waals surface area contributed by atoms with Gasteiger partial charge in [0, 0.05) is 45.4 Å². The molecule has 0 bridgehead atoms. The van der Waals surface area contributed by atoms with Crippen molar-refractivity contribution in [3.8, 4) is 33.4 Å². The maximum atomic E-state index is 2.59. The van der Waals surface area contributed by atoms with E-state index in [0.717, 1.165) is 39.8 Å². The lowest BCUT2D eigenvalue weighted by Crippen LogP contribution is -2.61. The fraction of sp³-hybridized carbons (Fsp3) is 0.167. The van der Waals surface area contributed by atoms with Crippen LogP contribution in [-0.4, -0.2) is 6.71 Å². The van der Waals surface area contributed by atoms with E-state index in [2.05, 4.69) is 314 Å². The first-order valence-electron chi connectivity index (χ1n) is 27.0. The molecule has 0 unspecified atom stereocenters. The quantitative estimate of drug-likeness (QED) is 0.141. The average Bonchev–Trinajstić information content (AvgIpc) is 3.63.